The van der Waals surface area contributed by atoms with E-state index in [1.54, 1.807) is 13.8 Å². The maximum atomic E-state index is 9.70. The summed E-state index contributed by atoms with van der Waals surface area (Å²) in [6.45, 7) is 9.30. The van der Waals surface area contributed by atoms with Crippen LogP contribution in [0.2, 0.25) is 0 Å². The minimum Gasteiger partial charge on any atom is -0.392 e. The number of hydrogen-bond donors (Lipinski definition) is 2. The Hall–Kier alpha value is -0.520. The van der Waals surface area contributed by atoms with Crippen LogP contribution in [0.1, 0.15) is 41.0 Å². The topological polar surface area (TPSA) is 40.5 Å². The van der Waals surface area contributed by atoms with E-state index in [-0.39, 0.29) is 5.92 Å². The second-order valence-corrected chi connectivity index (χ2v) is 4.81. The molecule has 2 atom stereocenters. The molecule has 0 fully saturated rings. The van der Waals surface area contributed by atoms with Crippen LogP contribution in [-0.2, 0) is 0 Å². The van der Waals surface area contributed by atoms with E-state index in [2.05, 4.69) is 25.7 Å². The van der Waals surface area contributed by atoms with E-state index in [4.69, 9.17) is 0 Å². The summed E-state index contributed by atoms with van der Waals surface area (Å²) in [5.74, 6) is 5.99. The highest BCUT2D eigenvalue weighted by molar-refractivity contribution is 5.13. The van der Waals surface area contributed by atoms with Gasteiger partial charge in [-0.25, -0.2) is 0 Å². The molecular formula is C12H22O2. The summed E-state index contributed by atoms with van der Waals surface area (Å²) in [4.78, 5) is 0. The Balaban J connectivity index is 4.18. The lowest BCUT2D eigenvalue weighted by Crippen LogP contribution is -2.20. The van der Waals surface area contributed by atoms with Crippen molar-refractivity contribution in [2.75, 3.05) is 0 Å². The Labute approximate surface area is 87.3 Å². The average molecular weight is 198 g/mol. The fraction of sp³-hybridized carbons (Fsp3) is 0.833. The van der Waals surface area contributed by atoms with Gasteiger partial charge in [0.1, 0.15) is 5.60 Å². The van der Waals surface area contributed by atoms with Crippen molar-refractivity contribution in [3.05, 3.63) is 0 Å². The molecule has 0 aromatic rings. The van der Waals surface area contributed by atoms with E-state index in [9.17, 15) is 10.2 Å². The summed E-state index contributed by atoms with van der Waals surface area (Å²) in [5, 5.41) is 19.1. The first-order valence-corrected chi connectivity index (χ1v) is 5.15. The van der Waals surface area contributed by atoms with Gasteiger partial charge in [-0.05, 0) is 33.1 Å². The van der Waals surface area contributed by atoms with Crippen molar-refractivity contribution in [2.45, 2.75) is 52.7 Å². The molecule has 0 saturated carbocycles. The number of rotatable bonds is 3. The quantitative estimate of drug-likeness (QED) is 0.679. The molecule has 0 bridgehead atoms. The molecule has 0 saturated heterocycles. The van der Waals surface area contributed by atoms with E-state index in [1.807, 2.05) is 6.92 Å². The first kappa shape index (κ1) is 13.5. The highest BCUT2D eigenvalue weighted by Gasteiger charge is 2.14. The zero-order chi connectivity index (χ0) is 11.4. The van der Waals surface area contributed by atoms with Crippen molar-refractivity contribution in [2.24, 2.45) is 11.8 Å². The fourth-order valence-electron chi connectivity index (χ4n) is 1.07. The van der Waals surface area contributed by atoms with Crippen LogP contribution in [0.15, 0.2) is 0 Å². The van der Waals surface area contributed by atoms with Crippen molar-refractivity contribution in [3.63, 3.8) is 0 Å². The summed E-state index contributed by atoms with van der Waals surface area (Å²) in [6.07, 6.45) is 0.353. The van der Waals surface area contributed by atoms with Gasteiger partial charge in [0.05, 0.1) is 6.10 Å². The molecule has 0 amide bonds. The predicted molar refractivity (Wildman–Crippen MR) is 58.7 cm³/mol. The molecule has 2 heteroatoms. The van der Waals surface area contributed by atoms with Crippen molar-refractivity contribution >= 4 is 0 Å². The smallest absolute Gasteiger partial charge is 0.119 e. The highest BCUT2D eigenvalue weighted by atomic mass is 16.3. The molecule has 0 unspecified atom stereocenters. The van der Waals surface area contributed by atoms with Crippen LogP contribution < -0.4 is 0 Å². The van der Waals surface area contributed by atoms with Gasteiger partial charge in [0.15, 0.2) is 0 Å². The van der Waals surface area contributed by atoms with Gasteiger partial charge in [-0.2, -0.15) is 0 Å². The molecule has 0 aromatic carbocycles. The summed E-state index contributed by atoms with van der Waals surface area (Å²) < 4.78 is 0. The third kappa shape index (κ3) is 6.94. The largest absolute Gasteiger partial charge is 0.392 e. The fourth-order valence-corrected chi connectivity index (χ4v) is 1.07. The molecule has 0 rings (SSSR count). The highest BCUT2D eigenvalue weighted by Crippen LogP contribution is 2.12. The molecule has 0 aliphatic rings. The molecule has 14 heavy (non-hydrogen) atoms. The van der Waals surface area contributed by atoms with Gasteiger partial charge in [0.2, 0.25) is 0 Å². The monoisotopic (exact) mass is 198 g/mol. The molecule has 2 nitrogen and oxygen atoms in total. The van der Waals surface area contributed by atoms with Gasteiger partial charge in [0.25, 0.3) is 0 Å². The minimum atomic E-state index is -0.966. The number of aliphatic hydroxyl groups is 2. The second-order valence-electron chi connectivity index (χ2n) is 4.81. The van der Waals surface area contributed by atoms with E-state index in [0.717, 1.165) is 6.42 Å². The Kier molecular flexibility index (Phi) is 5.18. The molecule has 82 valence electrons. The van der Waals surface area contributed by atoms with Gasteiger partial charge >= 0.3 is 0 Å². The van der Waals surface area contributed by atoms with Gasteiger partial charge < -0.3 is 10.2 Å². The van der Waals surface area contributed by atoms with E-state index >= 15 is 0 Å². The number of aliphatic hydroxyl groups excluding tert-OH is 1. The van der Waals surface area contributed by atoms with Crippen LogP contribution in [0, 0.1) is 23.7 Å². The van der Waals surface area contributed by atoms with Crippen LogP contribution in [0.5, 0.6) is 0 Å². The van der Waals surface area contributed by atoms with Crippen LogP contribution in [0.3, 0.4) is 0 Å². The first-order valence-electron chi connectivity index (χ1n) is 5.15. The normalized spacial score (nSPS) is 16.0. The molecule has 0 radical (unpaired) electrons. The maximum absolute atomic E-state index is 9.70. The Morgan fingerprint density at radius 2 is 1.71 bits per heavy atom. The predicted octanol–water partition coefficient (Wildman–Crippen LogP) is 1.80. The second kappa shape index (κ2) is 5.38. The molecule has 0 aromatic heterocycles. The molecule has 0 heterocycles. The van der Waals surface area contributed by atoms with Gasteiger partial charge in [-0.1, -0.05) is 25.7 Å². The lowest BCUT2D eigenvalue weighted by atomic mass is 9.95. The number of hydrogen-bond acceptors (Lipinski definition) is 2. The van der Waals surface area contributed by atoms with E-state index < -0.39 is 11.7 Å². The van der Waals surface area contributed by atoms with E-state index in [1.165, 1.54) is 0 Å². The molecule has 0 spiro atoms. The summed E-state index contributed by atoms with van der Waals surface area (Å²) in [5.41, 5.74) is -0.966. The van der Waals surface area contributed by atoms with Crippen LogP contribution in [-0.4, -0.2) is 21.9 Å². The lowest BCUT2D eigenvalue weighted by molar-refractivity contribution is 0.116. The standard InChI is InChI=1S/C12H22O2/c1-9(2)8-11(13)10(3)6-7-12(4,5)14/h9-11,13-14H,8H2,1-5H3/t10-,11+/m0/s1. The molecule has 0 aliphatic heterocycles. The maximum Gasteiger partial charge on any atom is 0.119 e. The molecular weight excluding hydrogens is 176 g/mol. The summed E-state index contributed by atoms with van der Waals surface area (Å²) >= 11 is 0. The zero-order valence-corrected chi connectivity index (χ0v) is 9.83. The van der Waals surface area contributed by atoms with Crippen LogP contribution in [0.4, 0.5) is 0 Å². The van der Waals surface area contributed by atoms with E-state index in [0.29, 0.717) is 5.92 Å². The lowest BCUT2D eigenvalue weighted by Gasteiger charge is -2.16. The summed E-state index contributed by atoms with van der Waals surface area (Å²) in [7, 11) is 0. The van der Waals surface area contributed by atoms with Crippen LogP contribution in [0.25, 0.3) is 0 Å². The zero-order valence-electron chi connectivity index (χ0n) is 9.83. The Morgan fingerprint density at radius 3 is 2.07 bits per heavy atom. The molecule has 2 N–H and O–H groups in total. The van der Waals surface area contributed by atoms with Gasteiger partial charge in [-0.15, -0.1) is 0 Å². The van der Waals surface area contributed by atoms with Crippen LogP contribution >= 0.6 is 0 Å². The van der Waals surface area contributed by atoms with Crippen molar-refractivity contribution in [1.29, 1.82) is 0 Å². The summed E-state index contributed by atoms with van der Waals surface area (Å²) in [6, 6.07) is 0. The first-order chi connectivity index (χ1) is 6.22. The SMILES string of the molecule is CC(C)C[C@@H](O)[C@@H](C)C#CC(C)(C)O. The third-order valence-electron chi connectivity index (χ3n) is 1.90. The van der Waals surface area contributed by atoms with Crippen molar-refractivity contribution < 1.29 is 10.2 Å². The molecule has 0 aliphatic carbocycles. The Morgan fingerprint density at radius 1 is 1.21 bits per heavy atom. The third-order valence-corrected chi connectivity index (χ3v) is 1.90. The minimum absolute atomic E-state index is 0.0798. The average Bonchev–Trinajstić information content (AvgIpc) is 1.97. The van der Waals surface area contributed by atoms with Gasteiger partial charge in [-0.3, -0.25) is 0 Å². The van der Waals surface area contributed by atoms with Crippen molar-refractivity contribution in [3.8, 4) is 11.8 Å². The van der Waals surface area contributed by atoms with Gasteiger partial charge in [0, 0.05) is 5.92 Å². The van der Waals surface area contributed by atoms with Crippen molar-refractivity contribution in [1.82, 2.24) is 0 Å². The Bertz CT molecular complexity index is 215.